The van der Waals surface area contributed by atoms with Crippen LogP contribution < -0.4 is 0 Å². The highest BCUT2D eigenvalue weighted by Gasteiger charge is 2.45. The van der Waals surface area contributed by atoms with Crippen LogP contribution >= 0.6 is 0 Å². The van der Waals surface area contributed by atoms with Crippen LogP contribution in [0, 0.1) is 0 Å². The minimum atomic E-state index is -3.72. The summed E-state index contributed by atoms with van der Waals surface area (Å²) in [5, 5.41) is 17.0. The highest BCUT2D eigenvalue weighted by Crippen LogP contribution is 2.19. The molecule has 0 heterocycles. The average Bonchev–Trinajstić information content (AvgIpc) is 2.41. The maximum atomic E-state index is 13.7. The molecule has 0 saturated heterocycles. The van der Waals surface area contributed by atoms with Crippen molar-refractivity contribution in [1.82, 2.24) is 0 Å². The predicted molar refractivity (Wildman–Crippen MR) is 74.0 cm³/mol. The molecule has 0 saturated carbocycles. The highest BCUT2D eigenvalue weighted by molar-refractivity contribution is 5.93. The van der Waals surface area contributed by atoms with Gasteiger partial charge >= 0.3 is 29.7 Å². The van der Waals surface area contributed by atoms with Crippen LogP contribution in [0.2, 0.25) is 0 Å². The van der Waals surface area contributed by atoms with Crippen molar-refractivity contribution >= 4 is 23.9 Å². The maximum Gasteiger partial charge on any atom is 0.382 e. The van der Waals surface area contributed by atoms with Gasteiger partial charge in [-0.2, -0.15) is 4.39 Å². The van der Waals surface area contributed by atoms with E-state index >= 15 is 0 Å². The molecule has 0 aliphatic carbocycles. The molecule has 2 atom stereocenters. The van der Waals surface area contributed by atoms with Crippen molar-refractivity contribution in [2.45, 2.75) is 51.5 Å². The molecule has 8 nitrogen and oxygen atoms in total. The molecule has 0 aromatic carbocycles. The van der Waals surface area contributed by atoms with Crippen molar-refractivity contribution in [3.8, 4) is 0 Å². The number of carbonyl (C=O) groups is 4. The average molecular weight is 334 g/mol. The lowest BCUT2D eigenvalue weighted by Gasteiger charge is -2.17. The molecule has 9 heteroatoms. The van der Waals surface area contributed by atoms with Gasteiger partial charge in [-0.25, -0.2) is 14.4 Å². The van der Waals surface area contributed by atoms with Crippen LogP contribution in [-0.4, -0.2) is 46.0 Å². The van der Waals surface area contributed by atoms with Crippen LogP contribution in [0.1, 0.15) is 39.5 Å². The Kier molecular flexibility index (Phi) is 8.53. The Labute approximate surface area is 131 Å². The standard InChI is InChI=1S/C14H19FO8/c1-3-4-5-9(2)22-11(18)6-7-12(19)23-14(15,13(20)21)8-10(16)17/h6-7,9H,3-5,8H2,1-2H3,(H,16,17)(H,20,21)/b7-6-. The molecule has 130 valence electrons. The number of halogens is 1. The minimum Gasteiger partial charge on any atom is -0.481 e. The molecule has 0 aliphatic heterocycles. The third-order valence-corrected chi connectivity index (χ3v) is 2.60. The zero-order valence-electron chi connectivity index (χ0n) is 12.8. The Morgan fingerprint density at radius 1 is 1.17 bits per heavy atom. The number of ether oxygens (including phenoxy) is 2. The lowest BCUT2D eigenvalue weighted by Crippen LogP contribution is -2.40. The van der Waals surface area contributed by atoms with Gasteiger partial charge in [-0.3, -0.25) is 4.79 Å². The number of unbranched alkanes of at least 4 members (excludes halogenated alkanes) is 1. The van der Waals surface area contributed by atoms with Gasteiger partial charge in [0.25, 0.3) is 0 Å². The SMILES string of the molecule is CCCCC(C)OC(=O)/C=C\C(=O)OC(F)(CC(=O)O)C(=O)O. The Morgan fingerprint density at radius 3 is 2.22 bits per heavy atom. The topological polar surface area (TPSA) is 127 Å². The first-order valence-corrected chi connectivity index (χ1v) is 6.86. The molecule has 0 aromatic rings. The van der Waals surface area contributed by atoms with Gasteiger partial charge in [0, 0.05) is 12.2 Å². The van der Waals surface area contributed by atoms with Gasteiger partial charge in [0.15, 0.2) is 0 Å². The molecular weight excluding hydrogens is 315 g/mol. The lowest BCUT2D eigenvalue weighted by atomic mass is 10.2. The summed E-state index contributed by atoms with van der Waals surface area (Å²) >= 11 is 0. The molecular formula is C14H19FO8. The number of hydrogen-bond donors (Lipinski definition) is 2. The van der Waals surface area contributed by atoms with Crippen molar-refractivity contribution in [2.75, 3.05) is 0 Å². The quantitative estimate of drug-likeness (QED) is 0.454. The number of esters is 2. The zero-order chi connectivity index (χ0) is 18.0. The fraction of sp³-hybridized carbons (Fsp3) is 0.571. The molecule has 0 spiro atoms. The largest absolute Gasteiger partial charge is 0.481 e. The molecule has 0 bridgehead atoms. The monoisotopic (exact) mass is 334 g/mol. The lowest BCUT2D eigenvalue weighted by molar-refractivity contribution is -0.202. The van der Waals surface area contributed by atoms with E-state index < -0.39 is 36.2 Å². The third kappa shape index (κ3) is 8.54. The normalized spacial score (nSPS) is 14.7. The fourth-order valence-electron chi connectivity index (χ4n) is 1.47. The predicted octanol–water partition coefficient (Wildman–Crippen LogP) is 1.43. The molecule has 2 N–H and O–H groups in total. The number of aliphatic carboxylic acids is 2. The summed E-state index contributed by atoms with van der Waals surface area (Å²) in [6, 6.07) is 0. The first-order chi connectivity index (χ1) is 10.6. The third-order valence-electron chi connectivity index (χ3n) is 2.60. The van der Waals surface area contributed by atoms with E-state index in [1.165, 1.54) is 0 Å². The second-order valence-electron chi connectivity index (χ2n) is 4.75. The molecule has 0 fully saturated rings. The Balaban J connectivity index is 4.59. The number of hydrogen-bond acceptors (Lipinski definition) is 6. The van der Waals surface area contributed by atoms with Crippen molar-refractivity contribution in [3.63, 3.8) is 0 Å². The van der Waals surface area contributed by atoms with Crippen LogP contribution in [0.3, 0.4) is 0 Å². The summed E-state index contributed by atoms with van der Waals surface area (Å²) in [4.78, 5) is 43.7. The number of alkyl halides is 1. The number of carboxylic acid groups (broad SMARTS) is 2. The van der Waals surface area contributed by atoms with Crippen LogP contribution in [0.5, 0.6) is 0 Å². The van der Waals surface area contributed by atoms with E-state index in [0.717, 1.165) is 12.8 Å². The Morgan fingerprint density at radius 2 is 1.74 bits per heavy atom. The van der Waals surface area contributed by atoms with Gasteiger partial charge in [-0.1, -0.05) is 19.8 Å². The molecule has 0 aliphatic rings. The molecule has 23 heavy (non-hydrogen) atoms. The summed E-state index contributed by atoms with van der Waals surface area (Å²) in [7, 11) is 0. The summed E-state index contributed by atoms with van der Waals surface area (Å²) < 4.78 is 22.6. The first kappa shape index (κ1) is 20.6. The van der Waals surface area contributed by atoms with E-state index in [1.807, 2.05) is 6.92 Å². The summed E-state index contributed by atoms with van der Waals surface area (Å²) in [6.45, 7) is 3.62. The fourth-order valence-corrected chi connectivity index (χ4v) is 1.47. The van der Waals surface area contributed by atoms with Crippen molar-refractivity contribution in [1.29, 1.82) is 0 Å². The van der Waals surface area contributed by atoms with Gasteiger partial charge in [0.2, 0.25) is 0 Å². The van der Waals surface area contributed by atoms with E-state index in [-0.39, 0.29) is 6.10 Å². The molecule has 0 aromatic heterocycles. The number of carbonyl (C=O) groups excluding carboxylic acids is 2. The van der Waals surface area contributed by atoms with Gasteiger partial charge < -0.3 is 19.7 Å². The number of carboxylic acids is 2. The zero-order valence-corrected chi connectivity index (χ0v) is 12.8. The van der Waals surface area contributed by atoms with Gasteiger partial charge in [-0.05, 0) is 13.3 Å². The van der Waals surface area contributed by atoms with E-state index in [0.29, 0.717) is 18.6 Å². The van der Waals surface area contributed by atoms with Gasteiger partial charge in [-0.15, -0.1) is 0 Å². The second kappa shape index (κ2) is 9.54. The Bertz CT molecular complexity index is 487. The minimum absolute atomic E-state index is 0.380. The molecule has 0 amide bonds. The van der Waals surface area contributed by atoms with Crippen LogP contribution in [-0.2, 0) is 28.7 Å². The maximum absolute atomic E-state index is 13.7. The van der Waals surface area contributed by atoms with Crippen LogP contribution in [0.15, 0.2) is 12.2 Å². The Hall–Kier alpha value is -2.45. The van der Waals surface area contributed by atoms with Crippen molar-refractivity contribution < 1.29 is 43.3 Å². The number of rotatable bonds is 10. The summed E-state index contributed by atoms with van der Waals surface area (Å²) in [5.74, 6) is -10.2. The van der Waals surface area contributed by atoms with E-state index in [4.69, 9.17) is 14.9 Å². The highest BCUT2D eigenvalue weighted by atomic mass is 19.2. The van der Waals surface area contributed by atoms with Crippen LogP contribution in [0.4, 0.5) is 4.39 Å². The van der Waals surface area contributed by atoms with E-state index in [2.05, 4.69) is 4.74 Å². The van der Waals surface area contributed by atoms with E-state index in [1.54, 1.807) is 6.92 Å². The molecule has 0 rings (SSSR count). The van der Waals surface area contributed by atoms with E-state index in [9.17, 15) is 23.6 Å². The molecule has 2 unspecified atom stereocenters. The van der Waals surface area contributed by atoms with Crippen molar-refractivity contribution in [2.24, 2.45) is 0 Å². The van der Waals surface area contributed by atoms with Crippen LogP contribution in [0.25, 0.3) is 0 Å². The van der Waals surface area contributed by atoms with Gasteiger partial charge in [0.1, 0.15) is 6.42 Å². The smallest absolute Gasteiger partial charge is 0.382 e. The molecule has 0 radical (unpaired) electrons. The van der Waals surface area contributed by atoms with Crippen molar-refractivity contribution in [3.05, 3.63) is 12.2 Å². The van der Waals surface area contributed by atoms with Gasteiger partial charge in [0.05, 0.1) is 6.10 Å². The summed E-state index contributed by atoms with van der Waals surface area (Å²) in [6.07, 6.45) is 1.56. The second-order valence-corrected chi connectivity index (χ2v) is 4.75. The summed E-state index contributed by atoms with van der Waals surface area (Å²) in [5.41, 5.74) is 0. The first-order valence-electron chi connectivity index (χ1n) is 6.86.